The maximum absolute atomic E-state index is 11.0. The average molecular weight is 250 g/mol. The lowest BCUT2D eigenvalue weighted by molar-refractivity contribution is -0.383. The molecule has 0 aromatic carbocycles. The monoisotopic (exact) mass is 250 g/mol. The van der Waals surface area contributed by atoms with Crippen LogP contribution in [0.2, 0.25) is 0 Å². The molecule has 0 spiro atoms. The fourth-order valence-electron chi connectivity index (χ4n) is 1.72. The number of hydrogen-bond acceptors (Lipinski definition) is 5. The Bertz CT molecular complexity index is 474. The Balaban J connectivity index is 2.38. The zero-order valence-electron chi connectivity index (χ0n) is 10.8. The fraction of sp³-hybridized carbons (Fsp3) is 0.545. The first-order valence-corrected chi connectivity index (χ1v) is 5.68. The largest absolute Gasteiger partial charge is 0.503 e. The zero-order chi connectivity index (χ0) is 13.6. The molecular formula is C11H15BN2O4. The van der Waals surface area contributed by atoms with Crippen LogP contribution in [0.1, 0.15) is 27.7 Å². The summed E-state index contributed by atoms with van der Waals surface area (Å²) >= 11 is 0. The van der Waals surface area contributed by atoms with Gasteiger partial charge in [0.05, 0.1) is 21.6 Å². The summed E-state index contributed by atoms with van der Waals surface area (Å²) in [6.45, 7) is 7.59. The van der Waals surface area contributed by atoms with Gasteiger partial charge in [-0.15, -0.1) is 0 Å². The summed E-state index contributed by atoms with van der Waals surface area (Å²) in [5.41, 5.74) is -0.743. The molecule has 0 amide bonds. The SMILES string of the molecule is CC1(C)OB(c2cnccc2[N+](=O)[O-])OC1(C)C. The summed E-state index contributed by atoms with van der Waals surface area (Å²) < 4.78 is 11.5. The Morgan fingerprint density at radius 2 is 1.83 bits per heavy atom. The Kier molecular flexibility index (Phi) is 2.91. The Hall–Kier alpha value is -1.47. The van der Waals surface area contributed by atoms with Crippen molar-refractivity contribution >= 4 is 18.3 Å². The maximum atomic E-state index is 11.0. The van der Waals surface area contributed by atoms with Gasteiger partial charge in [0.25, 0.3) is 5.69 Å². The lowest BCUT2D eigenvalue weighted by atomic mass is 9.79. The van der Waals surface area contributed by atoms with E-state index < -0.39 is 23.2 Å². The number of pyridine rings is 1. The van der Waals surface area contributed by atoms with E-state index in [1.165, 1.54) is 18.5 Å². The van der Waals surface area contributed by atoms with Gasteiger partial charge in [-0.3, -0.25) is 15.1 Å². The molecule has 2 heterocycles. The van der Waals surface area contributed by atoms with Crippen molar-refractivity contribution in [1.29, 1.82) is 0 Å². The highest BCUT2D eigenvalue weighted by atomic mass is 16.7. The molecule has 7 heteroatoms. The molecule has 0 atom stereocenters. The number of nitro groups is 1. The first kappa shape index (κ1) is 13.0. The molecule has 1 aliphatic rings. The standard InChI is InChI=1S/C11H15BN2O4/c1-10(2)11(3,4)18-12(17-10)8-7-13-6-5-9(8)14(15)16/h5-7H,1-4H3. The third-order valence-electron chi connectivity index (χ3n) is 3.53. The molecule has 1 aliphatic heterocycles. The number of nitrogens with zero attached hydrogens (tertiary/aromatic N) is 2. The molecule has 2 rings (SSSR count). The van der Waals surface area contributed by atoms with E-state index in [0.29, 0.717) is 5.46 Å². The van der Waals surface area contributed by atoms with Crippen molar-refractivity contribution in [3.05, 3.63) is 28.6 Å². The van der Waals surface area contributed by atoms with Crippen molar-refractivity contribution in [2.75, 3.05) is 0 Å². The molecule has 1 fully saturated rings. The lowest BCUT2D eigenvalue weighted by Gasteiger charge is -2.32. The van der Waals surface area contributed by atoms with E-state index in [0.717, 1.165) is 0 Å². The molecule has 1 aromatic heterocycles. The van der Waals surface area contributed by atoms with Crippen LogP contribution in [0.5, 0.6) is 0 Å². The van der Waals surface area contributed by atoms with Gasteiger partial charge in [0.15, 0.2) is 0 Å². The van der Waals surface area contributed by atoms with Gasteiger partial charge in [-0.05, 0) is 27.7 Å². The molecule has 1 saturated heterocycles. The normalized spacial score (nSPS) is 21.0. The quantitative estimate of drug-likeness (QED) is 0.449. The van der Waals surface area contributed by atoms with E-state index in [9.17, 15) is 10.1 Å². The summed E-state index contributed by atoms with van der Waals surface area (Å²) in [6, 6.07) is 1.35. The Morgan fingerprint density at radius 1 is 1.28 bits per heavy atom. The van der Waals surface area contributed by atoms with E-state index in [-0.39, 0.29) is 5.69 Å². The van der Waals surface area contributed by atoms with E-state index >= 15 is 0 Å². The van der Waals surface area contributed by atoms with Gasteiger partial charge >= 0.3 is 7.12 Å². The summed E-state index contributed by atoms with van der Waals surface area (Å²) in [5, 5.41) is 11.0. The number of aromatic nitrogens is 1. The molecule has 0 aliphatic carbocycles. The molecule has 0 bridgehead atoms. The second kappa shape index (κ2) is 4.03. The summed E-state index contributed by atoms with van der Waals surface area (Å²) in [4.78, 5) is 14.4. The summed E-state index contributed by atoms with van der Waals surface area (Å²) in [6.07, 6.45) is 2.80. The van der Waals surface area contributed by atoms with Gasteiger partial charge in [0.1, 0.15) is 0 Å². The molecule has 1 aromatic rings. The van der Waals surface area contributed by atoms with E-state index in [4.69, 9.17) is 9.31 Å². The number of hydrogen-bond donors (Lipinski definition) is 0. The van der Waals surface area contributed by atoms with Crippen LogP contribution in [0.4, 0.5) is 5.69 Å². The molecule has 6 nitrogen and oxygen atoms in total. The van der Waals surface area contributed by atoms with Crippen LogP contribution < -0.4 is 5.46 Å². The van der Waals surface area contributed by atoms with Crippen LogP contribution in [0, 0.1) is 10.1 Å². The average Bonchev–Trinajstić information content (AvgIpc) is 2.48. The second-order valence-electron chi connectivity index (χ2n) is 5.28. The van der Waals surface area contributed by atoms with Crippen LogP contribution in [0.25, 0.3) is 0 Å². The maximum Gasteiger partial charge on any atom is 0.503 e. The van der Waals surface area contributed by atoms with Crippen molar-refractivity contribution < 1.29 is 14.2 Å². The third-order valence-corrected chi connectivity index (χ3v) is 3.53. The molecule has 0 saturated carbocycles. The van der Waals surface area contributed by atoms with Crippen molar-refractivity contribution in [3.8, 4) is 0 Å². The summed E-state index contributed by atoms with van der Waals surface area (Å²) in [7, 11) is -0.760. The van der Waals surface area contributed by atoms with Crippen molar-refractivity contribution in [2.45, 2.75) is 38.9 Å². The van der Waals surface area contributed by atoms with Crippen molar-refractivity contribution in [1.82, 2.24) is 4.98 Å². The first-order valence-electron chi connectivity index (χ1n) is 5.68. The van der Waals surface area contributed by atoms with Crippen molar-refractivity contribution in [2.24, 2.45) is 0 Å². The van der Waals surface area contributed by atoms with E-state index in [1.54, 1.807) is 0 Å². The molecule has 96 valence electrons. The zero-order valence-corrected chi connectivity index (χ0v) is 10.8. The van der Waals surface area contributed by atoms with Gasteiger partial charge in [0.2, 0.25) is 0 Å². The highest BCUT2D eigenvalue weighted by Crippen LogP contribution is 2.36. The molecule has 0 unspecified atom stereocenters. The predicted molar refractivity (Wildman–Crippen MR) is 66.6 cm³/mol. The van der Waals surface area contributed by atoms with E-state index in [2.05, 4.69) is 4.98 Å². The van der Waals surface area contributed by atoms with Gasteiger partial charge in [-0.2, -0.15) is 0 Å². The van der Waals surface area contributed by atoms with Crippen LogP contribution in [-0.2, 0) is 9.31 Å². The topological polar surface area (TPSA) is 74.5 Å². The minimum absolute atomic E-state index is 0.0384. The fourth-order valence-corrected chi connectivity index (χ4v) is 1.72. The number of rotatable bonds is 2. The van der Waals surface area contributed by atoms with Crippen LogP contribution in [0.3, 0.4) is 0 Å². The van der Waals surface area contributed by atoms with Crippen LogP contribution in [-0.4, -0.2) is 28.2 Å². The van der Waals surface area contributed by atoms with E-state index in [1.807, 2.05) is 27.7 Å². The highest BCUT2D eigenvalue weighted by molar-refractivity contribution is 6.63. The smallest absolute Gasteiger partial charge is 0.399 e. The van der Waals surface area contributed by atoms with Gasteiger partial charge in [-0.1, -0.05) is 0 Å². The minimum atomic E-state index is -0.760. The van der Waals surface area contributed by atoms with Crippen LogP contribution in [0.15, 0.2) is 18.5 Å². The third kappa shape index (κ3) is 1.99. The van der Waals surface area contributed by atoms with Gasteiger partial charge in [0, 0.05) is 18.5 Å². The van der Waals surface area contributed by atoms with Crippen molar-refractivity contribution in [3.63, 3.8) is 0 Å². The van der Waals surface area contributed by atoms with Crippen LogP contribution >= 0.6 is 0 Å². The lowest BCUT2D eigenvalue weighted by Crippen LogP contribution is -2.41. The Labute approximate surface area is 106 Å². The molecule has 0 N–H and O–H groups in total. The molecular weight excluding hydrogens is 235 g/mol. The van der Waals surface area contributed by atoms with Gasteiger partial charge in [-0.25, -0.2) is 0 Å². The molecule has 0 radical (unpaired) electrons. The second-order valence-corrected chi connectivity index (χ2v) is 5.28. The highest BCUT2D eigenvalue weighted by Gasteiger charge is 2.53. The van der Waals surface area contributed by atoms with Gasteiger partial charge < -0.3 is 9.31 Å². The minimum Gasteiger partial charge on any atom is -0.399 e. The predicted octanol–water partition coefficient (Wildman–Crippen LogP) is 1.29. The first-order chi connectivity index (χ1) is 8.24. The summed E-state index contributed by atoms with van der Waals surface area (Å²) in [5.74, 6) is 0. The molecule has 18 heavy (non-hydrogen) atoms. The Morgan fingerprint density at radius 3 is 2.33 bits per heavy atom.